The molecule has 130 valence electrons. The van der Waals surface area contributed by atoms with E-state index < -0.39 is 0 Å². The Balaban J connectivity index is 2.20. The predicted octanol–water partition coefficient (Wildman–Crippen LogP) is 3.82. The van der Waals surface area contributed by atoms with Crippen LogP contribution in [0.3, 0.4) is 0 Å². The van der Waals surface area contributed by atoms with Gasteiger partial charge in [0.2, 0.25) is 0 Å². The lowest BCUT2D eigenvalue weighted by atomic mass is 9.99. The Kier molecular flexibility index (Phi) is 6.43. The molecule has 0 unspecified atom stereocenters. The Morgan fingerprint density at radius 1 is 0.920 bits per heavy atom. The fourth-order valence-electron chi connectivity index (χ4n) is 2.50. The van der Waals surface area contributed by atoms with Crippen molar-refractivity contribution in [1.29, 1.82) is 0 Å². The van der Waals surface area contributed by atoms with Crippen LogP contribution in [0.4, 0.5) is 0 Å². The molecule has 4 nitrogen and oxygen atoms in total. The van der Waals surface area contributed by atoms with E-state index in [1.165, 1.54) is 16.7 Å². The minimum absolute atomic E-state index is 0.676. The largest absolute Gasteiger partial charge is 0.397 e. The van der Waals surface area contributed by atoms with Crippen LogP contribution in [-0.4, -0.2) is 7.05 Å². The topological polar surface area (TPSA) is 62.1 Å². The van der Waals surface area contributed by atoms with E-state index in [0.29, 0.717) is 5.70 Å². The predicted molar refractivity (Wildman–Crippen MR) is 108 cm³/mol. The zero-order valence-electron chi connectivity index (χ0n) is 15.1. The van der Waals surface area contributed by atoms with Crippen molar-refractivity contribution < 1.29 is 0 Å². The van der Waals surface area contributed by atoms with Crippen LogP contribution in [-0.2, 0) is 0 Å². The average molecular weight is 334 g/mol. The molecule has 0 bridgehead atoms. The average Bonchev–Trinajstić information content (AvgIpc) is 2.66. The molecular formula is C21H26N4. The molecule has 2 aromatic rings. The minimum Gasteiger partial charge on any atom is -0.397 e. The summed E-state index contributed by atoms with van der Waals surface area (Å²) in [5.41, 5.74) is 19.6. The Labute approximate surface area is 150 Å². The van der Waals surface area contributed by atoms with Gasteiger partial charge in [-0.3, -0.25) is 0 Å². The van der Waals surface area contributed by atoms with Crippen LogP contribution >= 0.6 is 0 Å². The first kappa shape index (κ1) is 18.4. The number of rotatable bonds is 7. The maximum absolute atomic E-state index is 6.01. The number of hydrazine groups is 1. The van der Waals surface area contributed by atoms with E-state index in [9.17, 15) is 0 Å². The lowest BCUT2D eigenvalue weighted by molar-refractivity contribution is 0.691. The molecule has 0 saturated heterocycles. The lowest BCUT2D eigenvalue weighted by Gasteiger charge is -2.11. The van der Waals surface area contributed by atoms with Crippen LogP contribution in [0, 0.1) is 0 Å². The van der Waals surface area contributed by atoms with E-state index in [2.05, 4.69) is 73.0 Å². The summed E-state index contributed by atoms with van der Waals surface area (Å²) in [5, 5.41) is 2.89. The summed E-state index contributed by atoms with van der Waals surface area (Å²) < 4.78 is 0. The zero-order chi connectivity index (χ0) is 18.2. The number of benzene rings is 2. The van der Waals surface area contributed by atoms with Crippen molar-refractivity contribution in [3.63, 3.8) is 0 Å². The molecule has 2 aromatic carbocycles. The summed E-state index contributed by atoms with van der Waals surface area (Å²) in [5.74, 6) is 0. The van der Waals surface area contributed by atoms with Gasteiger partial charge in [-0.05, 0) is 47.9 Å². The van der Waals surface area contributed by atoms with Gasteiger partial charge in [-0.1, -0.05) is 55.1 Å². The standard InChI is InChI=1S/C21H26N4/c1-5-24-14-21(22)20-12-10-19(11-13-20)18-8-6-17(7-9-18)15(2)16(3)25-23-4/h5-14,23-25H,1,22H2,2-4H3/b16-15+,21-14-. The fourth-order valence-corrected chi connectivity index (χ4v) is 2.50. The van der Waals surface area contributed by atoms with Crippen molar-refractivity contribution in [2.24, 2.45) is 5.73 Å². The normalized spacial score (nSPS) is 12.4. The van der Waals surface area contributed by atoms with E-state index in [1.807, 2.05) is 19.2 Å². The molecule has 0 saturated carbocycles. The Morgan fingerprint density at radius 2 is 1.44 bits per heavy atom. The first-order valence-electron chi connectivity index (χ1n) is 8.21. The third-order valence-electron chi connectivity index (χ3n) is 4.10. The maximum atomic E-state index is 6.01. The van der Waals surface area contributed by atoms with Crippen molar-refractivity contribution in [3.05, 3.63) is 84.3 Å². The van der Waals surface area contributed by atoms with Gasteiger partial charge in [0.15, 0.2) is 0 Å². The third kappa shape index (κ3) is 4.75. The van der Waals surface area contributed by atoms with E-state index in [1.54, 1.807) is 12.4 Å². The molecule has 0 aliphatic rings. The Bertz CT molecular complexity index is 769. The van der Waals surface area contributed by atoms with Gasteiger partial charge in [-0.15, -0.1) is 0 Å². The summed E-state index contributed by atoms with van der Waals surface area (Å²) in [4.78, 5) is 0. The molecule has 0 aliphatic carbocycles. The second kappa shape index (κ2) is 8.76. The number of nitrogens with one attached hydrogen (secondary N) is 3. The lowest BCUT2D eigenvalue weighted by Crippen LogP contribution is -2.25. The summed E-state index contributed by atoms with van der Waals surface area (Å²) in [6.45, 7) is 7.76. The van der Waals surface area contributed by atoms with Gasteiger partial charge in [0, 0.05) is 18.9 Å². The molecule has 0 aromatic heterocycles. The van der Waals surface area contributed by atoms with E-state index >= 15 is 0 Å². The van der Waals surface area contributed by atoms with Gasteiger partial charge in [0.1, 0.15) is 0 Å². The van der Waals surface area contributed by atoms with Crippen molar-refractivity contribution in [3.8, 4) is 11.1 Å². The molecule has 0 heterocycles. The van der Waals surface area contributed by atoms with E-state index in [4.69, 9.17) is 5.73 Å². The zero-order valence-corrected chi connectivity index (χ0v) is 15.1. The van der Waals surface area contributed by atoms with Crippen LogP contribution in [0.2, 0.25) is 0 Å². The molecular weight excluding hydrogens is 308 g/mol. The Hall–Kier alpha value is -2.98. The third-order valence-corrected chi connectivity index (χ3v) is 4.10. The molecule has 25 heavy (non-hydrogen) atoms. The van der Waals surface area contributed by atoms with Crippen molar-refractivity contribution >= 4 is 11.3 Å². The van der Waals surface area contributed by atoms with Gasteiger partial charge >= 0.3 is 0 Å². The molecule has 0 amide bonds. The number of hydrogen-bond donors (Lipinski definition) is 4. The summed E-state index contributed by atoms with van der Waals surface area (Å²) in [6.07, 6.45) is 3.32. The minimum atomic E-state index is 0.676. The van der Waals surface area contributed by atoms with Gasteiger partial charge in [-0.25, -0.2) is 5.43 Å². The van der Waals surface area contributed by atoms with Gasteiger partial charge < -0.3 is 16.5 Å². The van der Waals surface area contributed by atoms with Crippen LogP contribution in [0.1, 0.15) is 25.0 Å². The van der Waals surface area contributed by atoms with Gasteiger partial charge in [0.25, 0.3) is 0 Å². The Morgan fingerprint density at radius 3 is 1.92 bits per heavy atom. The highest BCUT2D eigenvalue weighted by atomic mass is 15.3. The summed E-state index contributed by atoms with van der Waals surface area (Å²) >= 11 is 0. The highest BCUT2D eigenvalue weighted by Gasteiger charge is 2.03. The van der Waals surface area contributed by atoms with E-state index in [-0.39, 0.29) is 0 Å². The molecule has 0 radical (unpaired) electrons. The molecule has 2 rings (SSSR count). The van der Waals surface area contributed by atoms with Crippen LogP contribution in [0.5, 0.6) is 0 Å². The quantitative estimate of drug-likeness (QED) is 0.581. The second-order valence-electron chi connectivity index (χ2n) is 5.75. The molecule has 4 heteroatoms. The monoisotopic (exact) mass is 334 g/mol. The SMILES string of the molecule is C=CN/C=C(\N)c1ccc(-c2ccc(/C(C)=C(\C)NNC)cc2)cc1. The molecule has 0 spiro atoms. The number of nitrogens with two attached hydrogens (primary N) is 1. The van der Waals surface area contributed by atoms with Gasteiger partial charge in [-0.2, -0.15) is 0 Å². The van der Waals surface area contributed by atoms with E-state index in [0.717, 1.165) is 16.8 Å². The molecule has 0 fully saturated rings. The van der Waals surface area contributed by atoms with Crippen molar-refractivity contribution in [1.82, 2.24) is 16.2 Å². The first-order chi connectivity index (χ1) is 12.1. The van der Waals surface area contributed by atoms with Crippen molar-refractivity contribution in [2.75, 3.05) is 7.05 Å². The van der Waals surface area contributed by atoms with Crippen molar-refractivity contribution in [2.45, 2.75) is 13.8 Å². The maximum Gasteiger partial charge on any atom is 0.0550 e. The smallest absolute Gasteiger partial charge is 0.0550 e. The first-order valence-corrected chi connectivity index (χ1v) is 8.21. The fraction of sp³-hybridized carbons (Fsp3) is 0.143. The summed E-state index contributed by atoms with van der Waals surface area (Å²) in [7, 11) is 1.86. The molecule has 0 aliphatic heterocycles. The molecule has 0 atom stereocenters. The second-order valence-corrected chi connectivity index (χ2v) is 5.75. The van der Waals surface area contributed by atoms with Crippen LogP contribution in [0.25, 0.3) is 22.4 Å². The number of allylic oxidation sites excluding steroid dienone is 2. The number of hydrogen-bond acceptors (Lipinski definition) is 4. The summed E-state index contributed by atoms with van der Waals surface area (Å²) in [6, 6.07) is 16.8. The highest BCUT2D eigenvalue weighted by molar-refractivity contribution is 5.72. The molecule has 5 N–H and O–H groups in total. The van der Waals surface area contributed by atoms with Gasteiger partial charge in [0.05, 0.1) is 5.70 Å². The van der Waals surface area contributed by atoms with Crippen LogP contribution in [0.15, 0.2) is 73.2 Å². The van der Waals surface area contributed by atoms with Crippen LogP contribution < -0.4 is 21.9 Å². The highest BCUT2D eigenvalue weighted by Crippen LogP contribution is 2.24.